The summed E-state index contributed by atoms with van der Waals surface area (Å²) in [5, 5.41) is 3.47. The maximum Gasteiger partial charge on any atom is 0.0949 e. The molecule has 1 aromatic carbocycles. The van der Waals surface area contributed by atoms with Gasteiger partial charge >= 0.3 is 0 Å². The van der Waals surface area contributed by atoms with Crippen molar-refractivity contribution in [1.82, 2.24) is 14.9 Å². The molecule has 102 valence electrons. The molecule has 0 aliphatic carbocycles. The van der Waals surface area contributed by atoms with Crippen LogP contribution in [0.25, 0.3) is 0 Å². The fourth-order valence-electron chi connectivity index (χ4n) is 2.03. The Labute approximate surface area is 115 Å². The maximum absolute atomic E-state index is 4.05. The van der Waals surface area contributed by atoms with Crippen LogP contribution in [0.2, 0.25) is 0 Å². The van der Waals surface area contributed by atoms with E-state index < -0.39 is 0 Å². The monoisotopic (exact) mass is 257 g/mol. The second kappa shape index (κ2) is 7.10. The quantitative estimate of drug-likeness (QED) is 0.773. The number of benzene rings is 1. The van der Waals surface area contributed by atoms with Gasteiger partial charge in [-0.2, -0.15) is 0 Å². The van der Waals surface area contributed by atoms with Gasteiger partial charge in [0.05, 0.1) is 6.33 Å². The zero-order valence-electron chi connectivity index (χ0n) is 11.8. The smallest absolute Gasteiger partial charge is 0.0949 e. The molecule has 1 heterocycles. The van der Waals surface area contributed by atoms with Crippen LogP contribution in [-0.4, -0.2) is 22.6 Å². The summed E-state index contributed by atoms with van der Waals surface area (Å²) in [6.45, 7) is 7.51. The van der Waals surface area contributed by atoms with Crippen molar-refractivity contribution in [2.24, 2.45) is 5.92 Å². The standard InChI is InChI=1S/C16H23N3/c1-14(2)11-17-8-7-15-3-5-16(6-4-15)12-19-10-9-18-13-19/h3-6,9-10,13-14,17H,7-8,11-12H2,1-2H3. The summed E-state index contributed by atoms with van der Waals surface area (Å²) >= 11 is 0. The number of rotatable bonds is 7. The molecule has 0 spiro atoms. The van der Waals surface area contributed by atoms with Crippen molar-refractivity contribution < 1.29 is 0 Å². The molecule has 0 saturated carbocycles. The van der Waals surface area contributed by atoms with Crippen LogP contribution in [0.1, 0.15) is 25.0 Å². The number of aromatic nitrogens is 2. The molecule has 0 aliphatic heterocycles. The Hall–Kier alpha value is -1.61. The number of hydrogen-bond donors (Lipinski definition) is 1. The first kappa shape index (κ1) is 13.8. The van der Waals surface area contributed by atoms with Crippen LogP contribution in [0.5, 0.6) is 0 Å². The number of nitrogens with one attached hydrogen (secondary N) is 1. The van der Waals surface area contributed by atoms with E-state index in [-0.39, 0.29) is 0 Å². The first-order valence-electron chi connectivity index (χ1n) is 6.98. The third-order valence-corrected chi connectivity index (χ3v) is 3.09. The van der Waals surface area contributed by atoms with E-state index in [9.17, 15) is 0 Å². The molecule has 3 nitrogen and oxygen atoms in total. The highest BCUT2D eigenvalue weighted by atomic mass is 15.0. The first-order chi connectivity index (χ1) is 9.24. The summed E-state index contributed by atoms with van der Waals surface area (Å²) < 4.78 is 2.08. The van der Waals surface area contributed by atoms with E-state index in [2.05, 4.69) is 53.0 Å². The number of imidazole rings is 1. The molecule has 1 aromatic heterocycles. The average molecular weight is 257 g/mol. The highest BCUT2D eigenvalue weighted by molar-refractivity contribution is 5.23. The predicted octanol–water partition coefficient (Wildman–Crippen LogP) is 2.72. The van der Waals surface area contributed by atoms with Crippen molar-refractivity contribution in [3.8, 4) is 0 Å². The lowest BCUT2D eigenvalue weighted by molar-refractivity contribution is 0.554. The highest BCUT2D eigenvalue weighted by Crippen LogP contribution is 2.06. The highest BCUT2D eigenvalue weighted by Gasteiger charge is 1.97. The van der Waals surface area contributed by atoms with Gasteiger partial charge in [0.2, 0.25) is 0 Å². The maximum atomic E-state index is 4.05. The third kappa shape index (κ3) is 4.87. The molecule has 0 unspecified atom stereocenters. The topological polar surface area (TPSA) is 29.9 Å². The summed E-state index contributed by atoms with van der Waals surface area (Å²) in [4.78, 5) is 4.05. The van der Waals surface area contributed by atoms with Crippen LogP contribution in [0.4, 0.5) is 0 Å². The van der Waals surface area contributed by atoms with Gasteiger partial charge in [0, 0.05) is 18.9 Å². The molecular weight excluding hydrogens is 234 g/mol. The minimum Gasteiger partial charge on any atom is -0.333 e. The predicted molar refractivity (Wildman–Crippen MR) is 79.2 cm³/mol. The van der Waals surface area contributed by atoms with Gasteiger partial charge in [0.1, 0.15) is 0 Å². The minimum atomic E-state index is 0.720. The third-order valence-electron chi connectivity index (χ3n) is 3.09. The molecule has 19 heavy (non-hydrogen) atoms. The summed E-state index contributed by atoms with van der Waals surface area (Å²) in [5.41, 5.74) is 2.71. The van der Waals surface area contributed by atoms with Crippen molar-refractivity contribution >= 4 is 0 Å². The van der Waals surface area contributed by atoms with Crippen LogP contribution in [0.15, 0.2) is 43.0 Å². The molecule has 2 rings (SSSR count). The van der Waals surface area contributed by atoms with Crippen molar-refractivity contribution in [3.05, 3.63) is 54.1 Å². The molecule has 0 bridgehead atoms. The lowest BCUT2D eigenvalue weighted by Crippen LogP contribution is -2.22. The molecular formula is C16H23N3. The lowest BCUT2D eigenvalue weighted by atomic mass is 10.1. The molecule has 1 N–H and O–H groups in total. The first-order valence-corrected chi connectivity index (χ1v) is 6.98. The van der Waals surface area contributed by atoms with E-state index in [1.807, 2.05) is 18.7 Å². The minimum absolute atomic E-state index is 0.720. The fourth-order valence-corrected chi connectivity index (χ4v) is 2.03. The lowest BCUT2D eigenvalue weighted by Gasteiger charge is -2.08. The van der Waals surface area contributed by atoms with Gasteiger partial charge < -0.3 is 9.88 Å². The average Bonchev–Trinajstić information content (AvgIpc) is 2.89. The van der Waals surface area contributed by atoms with Gasteiger partial charge in [-0.1, -0.05) is 38.1 Å². The van der Waals surface area contributed by atoms with Gasteiger partial charge in [0.25, 0.3) is 0 Å². The van der Waals surface area contributed by atoms with Crippen LogP contribution in [0, 0.1) is 5.92 Å². The fraction of sp³-hybridized carbons (Fsp3) is 0.438. The van der Waals surface area contributed by atoms with E-state index in [1.165, 1.54) is 11.1 Å². The number of nitrogens with zero attached hydrogens (tertiary/aromatic N) is 2. The summed E-state index contributed by atoms with van der Waals surface area (Å²) in [7, 11) is 0. The Bertz CT molecular complexity index is 457. The largest absolute Gasteiger partial charge is 0.333 e. The van der Waals surface area contributed by atoms with Crippen molar-refractivity contribution in [2.75, 3.05) is 13.1 Å². The Morgan fingerprint density at radius 1 is 1.16 bits per heavy atom. The SMILES string of the molecule is CC(C)CNCCc1ccc(Cn2ccnc2)cc1. The second-order valence-electron chi connectivity index (χ2n) is 5.40. The van der Waals surface area contributed by atoms with Gasteiger partial charge in [-0.15, -0.1) is 0 Å². The molecule has 0 fully saturated rings. The van der Waals surface area contributed by atoms with E-state index in [4.69, 9.17) is 0 Å². The van der Waals surface area contributed by atoms with Gasteiger partial charge in [-0.3, -0.25) is 0 Å². The Kier molecular flexibility index (Phi) is 5.16. The van der Waals surface area contributed by atoms with E-state index in [1.54, 1.807) is 0 Å². The van der Waals surface area contributed by atoms with Crippen molar-refractivity contribution in [3.63, 3.8) is 0 Å². The molecule has 3 heteroatoms. The molecule has 0 atom stereocenters. The van der Waals surface area contributed by atoms with E-state index in [0.29, 0.717) is 0 Å². The molecule has 0 amide bonds. The van der Waals surface area contributed by atoms with Crippen molar-refractivity contribution in [2.45, 2.75) is 26.8 Å². The van der Waals surface area contributed by atoms with Gasteiger partial charge in [-0.05, 0) is 36.6 Å². The van der Waals surface area contributed by atoms with Crippen molar-refractivity contribution in [1.29, 1.82) is 0 Å². The molecule has 0 radical (unpaired) electrons. The van der Waals surface area contributed by atoms with Crippen LogP contribution >= 0.6 is 0 Å². The molecule has 0 aliphatic rings. The molecule has 2 aromatic rings. The summed E-state index contributed by atoms with van der Waals surface area (Å²) in [6.07, 6.45) is 6.75. The van der Waals surface area contributed by atoms with E-state index in [0.717, 1.165) is 32.0 Å². The van der Waals surface area contributed by atoms with Gasteiger partial charge in [-0.25, -0.2) is 4.98 Å². The number of hydrogen-bond acceptors (Lipinski definition) is 2. The van der Waals surface area contributed by atoms with Crippen LogP contribution < -0.4 is 5.32 Å². The zero-order chi connectivity index (χ0) is 13.5. The second-order valence-corrected chi connectivity index (χ2v) is 5.40. The Balaban J connectivity index is 1.78. The Morgan fingerprint density at radius 3 is 2.53 bits per heavy atom. The zero-order valence-corrected chi connectivity index (χ0v) is 11.8. The Morgan fingerprint density at radius 2 is 1.89 bits per heavy atom. The summed E-state index contributed by atoms with van der Waals surface area (Å²) in [5.74, 6) is 0.720. The molecule has 0 saturated heterocycles. The van der Waals surface area contributed by atoms with Gasteiger partial charge in [0.15, 0.2) is 0 Å². The summed E-state index contributed by atoms with van der Waals surface area (Å²) in [6, 6.07) is 8.86. The van der Waals surface area contributed by atoms with Crippen LogP contribution in [-0.2, 0) is 13.0 Å². The van der Waals surface area contributed by atoms with Crippen LogP contribution in [0.3, 0.4) is 0 Å². The van der Waals surface area contributed by atoms with E-state index >= 15 is 0 Å². The normalized spacial score (nSPS) is 11.1.